The maximum atomic E-state index is 11.5. The predicted octanol–water partition coefficient (Wildman–Crippen LogP) is -1.39. The van der Waals surface area contributed by atoms with E-state index in [2.05, 4.69) is 15.5 Å². The Labute approximate surface area is 85.5 Å². The zero-order valence-electron chi connectivity index (χ0n) is 8.20. The second-order valence-corrected chi connectivity index (χ2v) is 2.81. The summed E-state index contributed by atoms with van der Waals surface area (Å²) in [7, 11) is 0. The number of carboxylic acids is 1. The molecule has 1 amide bonds. The Balaban J connectivity index is 2.54. The highest BCUT2D eigenvalue weighted by Crippen LogP contribution is 1.92. The summed E-state index contributed by atoms with van der Waals surface area (Å²) < 4.78 is 1.24. The van der Waals surface area contributed by atoms with Crippen molar-refractivity contribution in [1.29, 1.82) is 0 Å². The number of carbonyl (C=O) groups excluding carboxylic acids is 1. The molecule has 0 aliphatic carbocycles. The van der Waals surface area contributed by atoms with E-state index in [1.54, 1.807) is 6.92 Å². The van der Waals surface area contributed by atoms with Crippen molar-refractivity contribution < 1.29 is 14.7 Å². The number of carboxylic acid groups (broad SMARTS) is 1. The van der Waals surface area contributed by atoms with Crippen LogP contribution >= 0.6 is 0 Å². The molecule has 1 heterocycles. The summed E-state index contributed by atoms with van der Waals surface area (Å²) in [5.41, 5.74) is 0. The van der Waals surface area contributed by atoms with E-state index >= 15 is 0 Å². The number of rotatable bonds is 5. The average Bonchev–Trinajstić information content (AvgIpc) is 2.66. The van der Waals surface area contributed by atoms with E-state index in [1.165, 1.54) is 15.9 Å². The summed E-state index contributed by atoms with van der Waals surface area (Å²) in [4.78, 5) is 23.2. The van der Waals surface area contributed by atoms with E-state index in [0.717, 1.165) is 0 Å². The third-order valence-corrected chi connectivity index (χ3v) is 1.75. The number of hydrogen-bond acceptors (Lipinski definition) is 5. The molecule has 0 unspecified atom stereocenters. The number of aromatic nitrogens is 4. The molecule has 1 rings (SSSR count). The van der Waals surface area contributed by atoms with Gasteiger partial charge in [-0.1, -0.05) is 0 Å². The van der Waals surface area contributed by atoms with Gasteiger partial charge in [0, 0.05) is 6.54 Å². The number of likely N-dealkylation sites (N-methyl/N-ethyl adjacent to an activating group) is 1. The number of hydrogen-bond donors (Lipinski definition) is 1. The molecule has 0 saturated heterocycles. The largest absolute Gasteiger partial charge is 0.480 e. The van der Waals surface area contributed by atoms with Crippen molar-refractivity contribution in [2.24, 2.45) is 0 Å². The van der Waals surface area contributed by atoms with Crippen LogP contribution in [0.4, 0.5) is 0 Å². The SMILES string of the molecule is CCN(CC(=O)O)C(=O)Cn1cnnn1. The third-order valence-electron chi connectivity index (χ3n) is 1.75. The van der Waals surface area contributed by atoms with Gasteiger partial charge in [-0.2, -0.15) is 0 Å². The number of tetrazole rings is 1. The van der Waals surface area contributed by atoms with Crippen molar-refractivity contribution in [3.05, 3.63) is 6.33 Å². The van der Waals surface area contributed by atoms with Gasteiger partial charge in [-0.3, -0.25) is 9.59 Å². The van der Waals surface area contributed by atoms with Gasteiger partial charge in [-0.15, -0.1) is 5.10 Å². The van der Waals surface area contributed by atoms with Crippen molar-refractivity contribution in [2.75, 3.05) is 13.1 Å². The van der Waals surface area contributed by atoms with Crippen LogP contribution in [-0.2, 0) is 16.1 Å². The van der Waals surface area contributed by atoms with Crippen molar-refractivity contribution in [1.82, 2.24) is 25.1 Å². The monoisotopic (exact) mass is 213 g/mol. The maximum Gasteiger partial charge on any atom is 0.323 e. The van der Waals surface area contributed by atoms with E-state index in [9.17, 15) is 9.59 Å². The minimum atomic E-state index is -1.04. The summed E-state index contributed by atoms with van der Waals surface area (Å²) >= 11 is 0. The average molecular weight is 213 g/mol. The summed E-state index contributed by atoms with van der Waals surface area (Å²) in [5.74, 6) is -1.37. The van der Waals surface area contributed by atoms with Crippen LogP contribution < -0.4 is 0 Å². The molecular formula is C7H11N5O3. The minimum Gasteiger partial charge on any atom is -0.480 e. The quantitative estimate of drug-likeness (QED) is 0.645. The molecule has 1 aromatic heterocycles. The van der Waals surface area contributed by atoms with Crippen molar-refractivity contribution >= 4 is 11.9 Å². The van der Waals surface area contributed by atoms with Crippen LogP contribution in [0, 0.1) is 0 Å². The molecular weight excluding hydrogens is 202 g/mol. The Morgan fingerprint density at radius 3 is 2.73 bits per heavy atom. The molecule has 1 N–H and O–H groups in total. The van der Waals surface area contributed by atoms with Gasteiger partial charge in [-0.25, -0.2) is 4.68 Å². The van der Waals surface area contributed by atoms with Crippen LogP contribution in [0.3, 0.4) is 0 Å². The first-order chi connectivity index (χ1) is 7.13. The minimum absolute atomic E-state index is 0.0475. The third kappa shape index (κ3) is 3.33. The lowest BCUT2D eigenvalue weighted by Crippen LogP contribution is -2.37. The topological polar surface area (TPSA) is 101 Å². The number of nitrogens with zero attached hydrogens (tertiary/aromatic N) is 5. The molecule has 0 atom stereocenters. The molecule has 1 aromatic rings. The second kappa shape index (κ2) is 5.03. The Kier molecular flexibility index (Phi) is 3.72. The smallest absolute Gasteiger partial charge is 0.323 e. The molecule has 15 heavy (non-hydrogen) atoms. The van der Waals surface area contributed by atoms with Crippen LogP contribution in [0.25, 0.3) is 0 Å². The first kappa shape index (κ1) is 11.1. The first-order valence-corrected chi connectivity index (χ1v) is 4.33. The van der Waals surface area contributed by atoms with E-state index in [4.69, 9.17) is 5.11 Å². The van der Waals surface area contributed by atoms with Gasteiger partial charge in [0.1, 0.15) is 19.4 Å². The fraction of sp³-hybridized carbons (Fsp3) is 0.571. The highest BCUT2D eigenvalue weighted by molar-refractivity contribution is 5.81. The summed E-state index contributed by atoms with van der Waals surface area (Å²) in [6, 6.07) is 0. The van der Waals surface area contributed by atoms with Crippen LogP contribution in [0.15, 0.2) is 6.33 Å². The van der Waals surface area contributed by atoms with E-state index < -0.39 is 5.97 Å². The number of carbonyl (C=O) groups is 2. The Hall–Kier alpha value is -1.99. The zero-order valence-corrected chi connectivity index (χ0v) is 8.20. The van der Waals surface area contributed by atoms with Gasteiger partial charge in [0.2, 0.25) is 5.91 Å². The van der Waals surface area contributed by atoms with Crippen molar-refractivity contribution in [3.8, 4) is 0 Å². The Bertz CT molecular complexity index is 336. The molecule has 82 valence electrons. The zero-order chi connectivity index (χ0) is 11.3. The maximum absolute atomic E-state index is 11.5. The molecule has 8 nitrogen and oxygen atoms in total. The molecule has 0 fully saturated rings. The van der Waals surface area contributed by atoms with Crippen LogP contribution in [-0.4, -0.2) is 55.2 Å². The van der Waals surface area contributed by atoms with Crippen molar-refractivity contribution in [2.45, 2.75) is 13.5 Å². The van der Waals surface area contributed by atoms with Gasteiger partial charge in [0.15, 0.2) is 0 Å². The van der Waals surface area contributed by atoms with Crippen LogP contribution in [0.1, 0.15) is 6.92 Å². The van der Waals surface area contributed by atoms with Crippen LogP contribution in [0.5, 0.6) is 0 Å². The van der Waals surface area contributed by atoms with E-state index in [1.807, 2.05) is 0 Å². The fourth-order valence-electron chi connectivity index (χ4n) is 1.03. The fourth-order valence-corrected chi connectivity index (χ4v) is 1.03. The van der Waals surface area contributed by atoms with E-state index in [0.29, 0.717) is 6.54 Å². The van der Waals surface area contributed by atoms with Gasteiger partial charge < -0.3 is 10.0 Å². The molecule has 0 saturated carbocycles. The van der Waals surface area contributed by atoms with Crippen LogP contribution in [0.2, 0.25) is 0 Å². The van der Waals surface area contributed by atoms with Gasteiger partial charge in [-0.05, 0) is 17.4 Å². The molecule has 8 heteroatoms. The Morgan fingerprint density at radius 2 is 2.27 bits per heavy atom. The molecule has 0 aromatic carbocycles. The molecule has 0 radical (unpaired) electrons. The van der Waals surface area contributed by atoms with E-state index in [-0.39, 0.29) is 19.0 Å². The predicted molar refractivity (Wildman–Crippen MR) is 47.7 cm³/mol. The lowest BCUT2D eigenvalue weighted by Gasteiger charge is -2.17. The van der Waals surface area contributed by atoms with Gasteiger partial charge >= 0.3 is 5.97 Å². The Morgan fingerprint density at radius 1 is 1.53 bits per heavy atom. The lowest BCUT2D eigenvalue weighted by atomic mass is 10.4. The normalized spacial score (nSPS) is 9.93. The highest BCUT2D eigenvalue weighted by atomic mass is 16.4. The lowest BCUT2D eigenvalue weighted by molar-refractivity contribution is -0.144. The number of aliphatic carboxylic acids is 1. The summed E-state index contributed by atoms with van der Waals surface area (Å²) in [6.07, 6.45) is 1.30. The van der Waals surface area contributed by atoms with Crippen molar-refractivity contribution in [3.63, 3.8) is 0 Å². The second-order valence-electron chi connectivity index (χ2n) is 2.81. The van der Waals surface area contributed by atoms with Gasteiger partial charge in [0.25, 0.3) is 0 Å². The molecule has 0 spiro atoms. The molecule has 0 aliphatic rings. The summed E-state index contributed by atoms with van der Waals surface area (Å²) in [6.45, 7) is 1.69. The highest BCUT2D eigenvalue weighted by Gasteiger charge is 2.15. The van der Waals surface area contributed by atoms with Gasteiger partial charge in [0.05, 0.1) is 0 Å². The summed E-state index contributed by atoms with van der Waals surface area (Å²) in [5, 5.41) is 18.8. The standard InChI is InChI=1S/C7H11N5O3/c1-2-11(4-7(14)15)6(13)3-12-5-8-9-10-12/h5H,2-4H2,1H3,(H,14,15). The first-order valence-electron chi connectivity index (χ1n) is 4.33. The molecule has 0 aliphatic heterocycles. The molecule has 0 bridgehead atoms. The number of amides is 1.